The van der Waals surface area contributed by atoms with Crippen LogP contribution < -0.4 is 0 Å². The van der Waals surface area contributed by atoms with Crippen molar-refractivity contribution in [2.75, 3.05) is 19.7 Å². The Morgan fingerprint density at radius 1 is 1.57 bits per heavy atom. The van der Waals surface area contributed by atoms with Crippen LogP contribution in [0.4, 0.5) is 0 Å². The Bertz CT molecular complexity index is 598. The molecular formula is C13H15N3O4S. The summed E-state index contributed by atoms with van der Waals surface area (Å²) < 4.78 is 10.7. The highest BCUT2D eigenvalue weighted by molar-refractivity contribution is 7.13. The minimum absolute atomic E-state index is 0.0147. The highest BCUT2D eigenvalue weighted by Crippen LogP contribution is 2.22. The number of thiophene rings is 1. The first-order valence-electron chi connectivity index (χ1n) is 6.63. The van der Waals surface area contributed by atoms with E-state index in [0.717, 1.165) is 11.4 Å². The molecule has 3 rings (SSSR count). The molecule has 1 saturated heterocycles. The van der Waals surface area contributed by atoms with Crippen LogP contribution in [-0.2, 0) is 16.1 Å². The molecule has 2 aromatic heterocycles. The summed E-state index contributed by atoms with van der Waals surface area (Å²) in [6.45, 7) is 2.32. The van der Waals surface area contributed by atoms with Gasteiger partial charge in [-0.2, -0.15) is 4.98 Å². The van der Waals surface area contributed by atoms with Gasteiger partial charge in [0, 0.05) is 13.1 Å². The number of carbonyl (C=O) groups is 1. The zero-order chi connectivity index (χ0) is 14.7. The van der Waals surface area contributed by atoms with Crippen LogP contribution in [0.2, 0.25) is 0 Å². The Kier molecular flexibility index (Phi) is 4.28. The summed E-state index contributed by atoms with van der Waals surface area (Å²) in [7, 11) is 0. The van der Waals surface area contributed by atoms with E-state index in [4.69, 9.17) is 14.4 Å². The summed E-state index contributed by atoms with van der Waals surface area (Å²) in [5.74, 6) is 0.282. The molecule has 112 valence electrons. The zero-order valence-corrected chi connectivity index (χ0v) is 12.1. The fraction of sp³-hybridized carbons (Fsp3) is 0.462. The highest BCUT2D eigenvalue weighted by Gasteiger charge is 2.24. The third-order valence-corrected chi connectivity index (χ3v) is 4.06. The first-order chi connectivity index (χ1) is 10.2. The van der Waals surface area contributed by atoms with E-state index >= 15 is 0 Å². The molecule has 1 aliphatic heterocycles. The van der Waals surface area contributed by atoms with E-state index in [9.17, 15) is 4.79 Å². The molecule has 0 spiro atoms. The van der Waals surface area contributed by atoms with Gasteiger partial charge in [0.05, 0.1) is 30.6 Å². The molecule has 2 aromatic rings. The maximum absolute atomic E-state index is 10.7. The monoisotopic (exact) mass is 309 g/mol. The molecule has 0 aliphatic carbocycles. The second-order valence-corrected chi connectivity index (χ2v) is 5.76. The van der Waals surface area contributed by atoms with Gasteiger partial charge in [0.2, 0.25) is 11.7 Å². The quantitative estimate of drug-likeness (QED) is 0.894. The second-order valence-electron chi connectivity index (χ2n) is 4.81. The molecule has 8 heteroatoms. The van der Waals surface area contributed by atoms with E-state index in [1.165, 1.54) is 0 Å². The van der Waals surface area contributed by atoms with Gasteiger partial charge in [-0.05, 0) is 11.4 Å². The van der Waals surface area contributed by atoms with Crippen molar-refractivity contribution in [1.29, 1.82) is 0 Å². The molecule has 21 heavy (non-hydrogen) atoms. The minimum atomic E-state index is -0.848. The van der Waals surface area contributed by atoms with Crippen LogP contribution in [0.3, 0.4) is 0 Å². The molecule has 3 heterocycles. The maximum Gasteiger partial charge on any atom is 0.306 e. The van der Waals surface area contributed by atoms with Gasteiger partial charge in [0.15, 0.2) is 0 Å². The van der Waals surface area contributed by atoms with Gasteiger partial charge in [-0.1, -0.05) is 11.2 Å². The van der Waals surface area contributed by atoms with E-state index < -0.39 is 5.97 Å². The molecule has 1 fully saturated rings. The van der Waals surface area contributed by atoms with Gasteiger partial charge in [0.25, 0.3) is 0 Å². The summed E-state index contributed by atoms with van der Waals surface area (Å²) in [4.78, 5) is 18.1. The third-order valence-electron chi connectivity index (χ3n) is 3.19. The van der Waals surface area contributed by atoms with Gasteiger partial charge >= 0.3 is 5.97 Å². The van der Waals surface area contributed by atoms with Crippen LogP contribution in [0.1, 0.15) is 12.3 Å². The molecule has 1 atom stereocenters. The van der Waals surface area contributed by atoms with E-state index in [-0.39, 0.29) is 12.5 Å². The van der Waals surface area contributed by atoms with Crippen molar-refractivity contribution in [2.24, 2.45) is 0 Å². The van der Waals surface area contributed by atoms with Crippen LogP contribution in [-0.4, -0.2) is 51.9 Å². The third kappa shape index (κ3) is 3.66. The molecule has 0 radical (unpaired) electrons. The predicted molar refractivity (Wildman–Crippen MR) is 74.9 cm³/mol. The Morgan fingerprint density at radius 3 is 3.24 bits per heavy atom. The second kappa shape index (κ2) is 6.33. The average Bonchev–Trinajstić information content (AvgIpc) is 3.08. The van der Waals surface area contributed by atoms with Crippen molar-refractivity contribution in [1.82, 2.24) is 15.0 Å². The van der Waals surface area contributed by atoms with Crippen LogP contribution >= 0.6 is 11.3 Å². The Labute approximate surface area is 125 Å². The molecule has 7 nitrogen and oxygen atoms in total. The predicted octanol–water partition coefficient (Wildman–Crippen LogP) is 1.47. The number of carboxylic acids is 1. The van der Waals surface area contributed by atoms with Gasteiger partial charge < -0.3 is 14.4 Å². The van der Waals surface area contributed by atoms with Crippen LogP contribution in [0.25, 0.3) is 10.7 Å². The van der Waals surface area contributed by atoms with Crippen molar-refractivity contribution < 1.29 is 19.2 Å². The lowest BCUT2D eigenvalue weighted by atomic mass is 10.2. The van der Waals surface area contributed by atoms with Gasteiger partial charge in [-0.25, -0.2) is 0 Å². The normalized spacial score (nSPS) is 19.7. The standard InChI is InChI=1S/C13H15N3O4S/c17-12(18)6-9-7-16(3-4-19-9)8-11-14-13(15-20-11)10-2-1-5-21-10/h1-2,5,9H,3-4,6-8H2,(H,17,18). The number of nitrogens with zero attached hydrogens (tertiary/aromatic N) is 3. The fourth-order valence-electron chi connectivity index (χ4n) is 2.26. The average molecular weight is 309 g/mol. The Hall–Kier alpha value is -1.77. The van der Waals surface area contributed by atoms with E-state index in [0.29, 0.717) is 31.4 Å². The first-order valence-corrected chi connectivity index (χ1v) is 7.51. The molecule has 0 amide bonds. The molecule has 0 saturated carbocycles. The zero-order valence-electron chi connectivity index (χ0n) is 11.3. The van der Waals surface area contributed by atoms with Crippen LogP contribution in [0, 0.1) is 0 Å². The maximum atomic E-state index is 10.7. The van der Waals surface area contributed by atoms with Crippen molar-refractivity contribution in [3.05, 3.63) is 23.4 Å². The summed E-state index contributed by atoms with van der Waals surface area (Å²) in [6.07, 6.45) is -0.267. The molecular weight excluding hydrogens is 294 g/mol. The summed E-state index contributed by atoms with van der Waals surface area (Å²) in [5, 5.41) is 14.7. The Morgan fingerprint density at radius 2 is 2.48 bits per heavy atom. The summed E-state index contributed by atoms with van der Waals surface area (Å²) >= 11 is 1.56. The molecule has 0 bridgehead atoms. The lowest BCUT2D eigenvalue weighted by molar-refractivity contribution is -0.142. The van der Waals surface area contributed by atoms with Crippen molar-refractivity contribution in [2.45, 2.75) is 19.1 Å². The largest absolute Gasteiger partial charge is 0.481 e. The lowest BCUT2D eigenvalue weighted by Gasteiger charge is -2.31. The molecule has 1 aliphatic rings. The van der Waals surface area contributed by atoms with E-state index in [1.807, 2.05) is 17.5 Å². The number of aliphatic carboxylic acids is 1. The van der Waals surface area contributed by atoms with E-state index in [1.54, 1.807) is 11.3 Å². The number of rotatable bonds is 5. The van der Waals surface area contributed by atoms with Crippen molar-refractivity contribution >= 4 is 17.3 Å². The highest BCUT2D eigenvalue weighted by atomic mass is 32.1. The summed E-state index contributed by atoms with van der Waals surface area (Å²) in [5.41, 5.74) is 0. The van der Waals surface area contributed by atoms with Gasteiger partial charge in [-0.3, -0.25) is 9.69 Å². The van der Waals surface area contributed by atoms with Crippen molar-refractivity contribution in [3.8, 4) is 10.7 Å². The molecule has 1 unspecified atom stereocenters. The number of carboxylic acid groups (broad SMARTS) is 1. The van der Waals surface area contributed by atoms with Crippen LogP contribution in [0.15, 0.2) is 22.0 Å². The van der Waals surface area contributed by atoms with Gasteiger partial charge in [-0.15, -0.1) is 11.3 Å². The SMILES string of the molecule is O=C(O)CC1CN(Cc2nc(-c3cccs3)no2)CCO1. The number of morpholine rings is 1. The van der Waals surface area contributed by atoms with Crippen molar-refractivity contribution in [3.63, 3.8) is 0 Å². The lowest BCUT2D eigenvalue weighted by Crippen LogP contribution is -2.42. The fourth-order valence-corrected chi connectivity index (χ4v) is 2.91. The number of aromatic nitrogens is 2. The topological polar surface area (TPSA) is 88.7 Å². The van der Waals surface area contributed by atoms with Gasteiger partial charge in [0.1, 0.15) is 0 Å². The Balaban J connectivity index is 1.60. The molecule has 0 aromatic carbocycles. The first kappa shape index (κ1) is 14.2. The number of ether oxygens (including phenoxy) is 1. The summed E-state index contributed by atoms with van der Waals surface area (Å²) in [6, 6.07) is 3.88. The molecule has 1 N–H and O–H groups in total. The van der Waals surface area contributed by atoms with E-state index in [2.05, 4.69) is 15.0 Å². The van der Waals surface area contributed by atoms with Crippen LogP contribution in [0.5, 0.6) is 0 Å². The number of hydrogen-bond acceptors (Lipinski definition) is 7. The number of hydrogen-bond donors (Lipinski definition) is 1. The minimum Gasteiger partial charge on any atom is -0.481 e. The smallest absolute Gasteiger partial charge is 0.306 e.